The fourth-order valence-electron chi connectivity index (χ4n) is 2.77. The van der Waals surface area contributed by atoms with Crippen LogP contribution >= 0.6 is 0 Å². The van der Waals surface area contributed by atoms with Gasteiger partial charge in [-0.2, -0.15) is 0 Å². The molecule has 0 aromatic rings. The van der Waals surface area contributed by atoms with E-state index in [2.05, 4.69) is 20.8 Å². The van der Waals surface area contributed by atoms with E-state index in [4.69, 9.17) is 15.6 Å². The van der Waals surface area contributed by atoms with Crippen molar-refractivity contribution in [2.24, 2.45) is 23.5 Å². The topological polar surface area (TPSA) is 55.5 Å². The molecule has 0 amide bonds. The van der Waals surface area contributed by atoms with E-state index in [0.29, 0.717) is 24.5 Å². The lowest BCUT2D eigenvalue weighted by atomic mass is 9.75. The highest BCUT2D eigenvalue weighted by atomic mass is 16.5. The maximum atomic E-state index is 8.87. The average Bonchev–Trinajstić information content (AvgIpc) is 2.28. The van der Waals surface area contributed by atoms with Crippen molar-refractivity contribution >= 4 is 0 Å². The van der Waals surface area contributed by atoms with Crippen molar-refractivity contribution in [2.75, 3.05) is 13.2 Å². The van der Waals surface area contributed by atoms with Crippen LogP contribution in [-0.4, -0.2) is 30.5 Å². The second-order valence-electron chi connectivity index (χ2n) is 5.97. The zero-order valence-corrected chi connectivity index (χ0v) is 11.6. The van der Waals surface area contributed by atoms with E-state index in [-0.39, 0.29) is 12.6 Å². The molecule has 0 saturated heterocycles. The highest BCUT2D eigenvalue weighted by Crippen LogP contribution is 2.35. The largest absolute Gasteiger partial charge is 0.395 e. The number of aliphatic hydroxyl groups is 1. The minimum Gasteiger partial charge on any atom is -0.395 e. The summed E-state index contributed by atoms with van der Waals surface area (Å²) in [6.45, 7) is 7.62. The average molecular weight is 243 g/mol. The first-order chi connectivity index (χ1) is 8.04. The Morgan fingerprint density at radius 2 is 2.06 bits per heavy atom. The maximum absolute atomic E-state index is 8.87. The van der Waals surface area contributed by atoms with Gasteiger partial charge in [-0.05, 0) is 37.0 Å². The normalized spacial score (nSPS) is 31.8. The first kappa shape index (κ1) is 14.9. The van der Waals surface area contributed by atoms with E-state index >= 15 is 0 Å². The molecule has 1 aliphatic rings. The lowest BCUT2D eigenvalue weighted by Gasteiger charge is -2.37. The molecule has 1 saturated carbocycles. The van der Waals surface area contributed by atoms with Crippen molar-refractivity contribution in [3.63, 3.8) is 0 Å². The number of hydrogen-bond acceptors (Lipinski definition) is 3. The molecule has 0 aromatic carbocycles. The standard InChI is InChI=1S/C14H29NO2/c1-10(2)13-5-4-11(3)8-14(13)17-7-6-12(15)9-16/h10-14,16H,4-9,15H2,1-3H3. The number of nitrogens with two attached hydrogens (primary N) is 1. The predicted molar refractivity (Wildman–Crippen MR) is 70.8 cm³/mol. The second kappa shape index (κ2) is 7.34. The fraction of sp³-hybridized carbons (Fsp3) is 1.00. The molecule has 0 spiro atoms. The van der Waals surface area contributed by atoms with Gasteiger partial charge in [-0.1, -0.05) is 27.2 Å². The first-order valence-electron chi connectivity index (χ1n) is 7.02. The zero-order chi connectivity index (χ0) is 12.8. The number of hydrogen-bond donors (Lipinski definition) is 2. The van der Waals surface area contributed by atoms with Gasteiger partial charge in [0.15, 0.2) is 0 Å². The van der Waals surface area contributed by atoms with Crippen molar-refractivity contribution < 1.29 is 9.84 Å². The fourth-order valence-corrected chi connectivity index (χ4v) is 2.77. The lowest BCUT2D eigenvalue weighted by Crippen LogP contribution is -2.35. The van der Waals surface area contributed by atoms with Gasteiger partial charge in [-0.15, -0.1) is 0 Å². The summed E-state index contributed by atoms with van der Waals surface area (Å²) >= 11 is 0. The summed E-state index contributed by atoms with van der Waals surface area (Å²) in [5, 5.41) is 8.87. The number of rotatable bonds is 6. The van der Waals surface area contributed by atoms with Crippen molar-refractivity contribution in [1.82, 2.24) is 0 Å². The van der Waals surface area contributed by atoms with Crippen LogP contribution < -0.4 is 5.73 Å². The van der Waals surface area contributed by atoms with E-state index < -0.39 is 0 Å². The molecule has 0 heterocycles. The van der Waals surface area contributed by atoms with E-state index in [0.717, 1.165) is 12.3 Å². The SMILES string of the molecule is CC1CCC(C(C)C)C(OCCC(N)CO)C1. The maximum Gasteiger partial charge on any atom is 0.0608 e. The molecule has 1 aliphatic carbocycles. The zero-order valence-electron chi connectivity index (χ0n) is 11.6. The highest BCUT2D eigenvalue weighted by molar-refractivity contribution is 4.81. The van der Waals surface area contributed by atoms with Crippen LogP contribution in [0.4, 0.5) is 0 Å². The molecule has 0 aliphatic heterocycles. The van der Waals surface area contributed by atoms with Crippen LogP contribution in [0.3, 0.4) is 0 Å². The van der Waals surface area contributed by atoms with Gasteiger partial charge in [0.25, 0.3) is 0 Å². The minimum absolute atomic E-state index is 0.0536. The van der Waals surface area contributed by atoms with E-state index in [1.54, 1.807) is 0 Å². The van der Waals surface area contributed by atoms with E-state index in [1.165, 1.54) is 19.3 Å². The van der Waals surface area contributed by atoms with Crippen LogP contribution in [0.25, 0.3) is 0 Å². The van der Waals surface area contributed by atoms with Crippen molar-refractivity contribution in [3.05, 3.63) is 0 Å². The number of aliphatic hydroxyl groups excluding tert-OH is 1. The molecule has 102 valence electrons. The van der Waals surface area contributed by atoms with Crippen LogP contribution in [0.15, 0.2) is 0 Å². The summed E-state index contributed by atoms with van der Waals surface area (Å²) in [7, 11) is 0. The van der Waals surface area contributed by atoms with Crippen LogP contribution in [-0.2, 0) is 4.74 Å². The van der Waals surface area contributed by atoms with Gasteiger partial charge in [-0.25, -0.2) is 0 Å². The summed E-state index contributed by atoms with van der Waals surface area (Å²) < 4.78 is 6.01. The molecule has 3 nitrogen and oxygen atoms in total. The lowest BCUT2D eigenvalue weighted by molar-refractivity contribution is -0.0411. The summed E-state index contributed by atoms with van der Waals surface area (Å²) in [5.74, 6) is 2.16. The number of ether oxygens (including phenoxy) is 1. The van der Waals surface area contributed by atoms with Gasteiger partial charge in [0.1, 0.15) is 0 Å². The van der Waals surface area contributed by atoms with Crippen LogP contribution in [0.1, 0.15) is 46.5 Å². The first-order valence-corrected chi connectivity index (χ1v) is 7.02. The second-order valence-corrected chi connectivity index (χ2v) is 5.97. The Balaban J connectivity index is 2.36. The molecule has 3 heteroatoms. The summed E-state index contributed by atoms with van der Waals surface area (Å²) in [5.41, 5.74) is 5.68. The molecular formula is C14H29NO2. The van der Waals surface area contributed by atoms with Gasteiger partial charge in [0.2, 0.25) is 0 Å². The van der Waals surface area contributed by atoms with Gasteiger partial charge in [0.05, 0.1) is 12.7 Å². The summed E-state index contributed by atoms with van der Waals surface area (Å²) in [6.07, 6.45) is 4.95. The monoisotopic (exact) mass is 243 g/mol. The van der Waals surface area contributed by atoms with Crippen molar-refractivity contribution in [1.29, 1.82) is 0 Å². The third-order valence-electron chi connectivity index (χ3n) is 4.02. The Morgan fingerprint density at radius 1 is 1.35 bits per heavy atom. The predicted octanol–water partition coefficient (Wildman–Crippen LogP) is 2.17. The Bertz CT molecular complexity index is 208. The molecule has 0 bridgehead atoms. The molecule has 4 atom stereocenters. The third-order valence-corrected chi connectivity index (χ3v) is 4.02. The van der Waals surface area contributed by atoms with Crippen molar-refractivity contribution in [3.8, 4) is 0 Å². The Labute approximate surface area is 106 Å². The van der Waals surface area contributed by atoms with Crippen LogP contribution in [0, 0.1) is 17.8 Å². The summed E-state index contributed by atoms with van der Waals surface area (Å²) in [6, 6.07) is -0.131. The van der Waals surface area contributed by atoms with Gasteiger partial charge < -0.3 is 15.6 Å². The highest BCUT2D eigenvalue weighted by Gasteiger charge is 2.31. The molecule has 0 aromatic heterocycles. The molecule has 4 unspecified atom stereocenters. The minimum atomic E-state index is -0.131. The Kier molecular flexibility index (Phi) is 6.45. The molecule has 17 heavy (non-hydrogen) atoms. The van der Waals surface area contributed by atoms with Gasteiger partial charge >= 0.3 is 0 Å². The molecule has 1 rings (SSSR count). The van der Waals surface area contributed by atoms with Gasteiger partial charge in [-0.3, -0.25) is 0 Å². The van der Waals surface area contributed by atoms with E-state index in [9.17, 15) is 0 Å². The quantitative estimate of drug-likeness (QED) is 0.752. The molecule has 3 N–H and O–H groups in total. The van der Waals surface area contributed by atoms with Gasteiger partial charge in [0, 0.05) is 12.6 Å². The molecular weight excluding hydrogens is 214 g/mol. The summed E-state index contributed by atoms with van der Waals surface area (Å²) in [4.78, 5) is 0. The van der Waals surface area contributed by atoms with Crippen LogP contribution in [0.5, 0.6) is 0 Å². The third kappa shape index (κ3) is 4.94. The van der Waals surface area contributed by atoms with E-state index in [1.807, 2.05) is 0 Å². The smallest absolute Gasteiger partial charge is 0.0608 e. The van der Waals surface area contributed by atoms with Crippen LogP contribution in [0.2, 0.25) is 0 Å². The Hall–Kier alpha value is -0.120. The Morgan fingerprint density at radius 3 is 2.65 bits per heavy atom. The molecule has 0 radical (unpaired) electrons. The van der Waals surface area contributed by atoms with Crippen molar-refractivity contribution in [2.45, 2.75) is 58.6 Å². The molecule has 1 fully saturated rings.